The molecule has 2 aromatic rings. The van der Waals surface area contributed by atoms with E-state index in [4.69, 9.17) is 4.52 Å². The number of hydrogen-bond donors (Lipinski definition) is 1. The molecule has 2 saturated heterocycles. The normalized spacial score (nSPS) is 23.8. The summed E-state index contributed by atoms with van der Waals surface area (Å²) in [5.74, 6) is 1.10. The predicted molar refractivity (Wildman–Crippen MR) is 89.2 cm³/mol. The quantitative estimate of drug-likeness (QED) is 0.924. The fourth-order valence-electron chi connectivity index (χ4n) is 3.62. The predicted octanol–water partition coefficient (Wildman–Crippen LogP) is 2.19. The van der Waals surface area contributed by atoms with Crippen LogP contribution in [0.4, 0.5) is 4.39 Å². The number of piperidine rings is 1. The fourth-order valence-corrected chi connectivity index (χ4v) is 3.62. The molecule has 7 heteroatoms. The van der Waals surface area contributed by atoms with Crippen LogP contribution >= 0.6 is 0 Å². The molecule has 2 atom stereocenters. The second-order valence-corrected chi connectivity index (χ2v) is 6.78. The molecule has 2 aliphatic rings. The van der Waals surface area contributed by atoms with Crippen LogP contribution in [0.25, 0.3) is 11.4 Å². The Balaban J connectivity index is 1.46. The van der Waals surface area contributed by atoms with Crippen LogP contribution in [0.15, 0.2) is 28.8 Å². The summed E-state index contributed by atoms with van der Waals surface area (Å²) < 4.78 is 18.5. The maximum atomic E-state index is 13.0. The van der Waals surface area contributed by atoms with Crippen LogP contribution in [0.1, 0.15) is 31.1 Å². The van der Waals surface area contributed by atoms with Crippen molar-refractivity contribution < 1.29 is 13.7 Å². The highest BCUT2D eigenvalue weighted by Crippen LogP contribution is 2.29. The molecule has 2 unspecified atom stereocenters. The van der Waals surface area contributed by atoms with E-state index in [1.54, 1.807) is 12.1 Å². The van der Waals surface area contributed by atoms with Gasteiger partial charge in [-0.25, -0.2) is 4.39 Å². The monoisotopic (exact) mass is 344 g/mol. The third kappa shape index (κ3) is 3.42. The van der Waals surface area contributed by atoms with Gasteiger partial charge in [-0.1, -0.05) is 5.16 Å². The zero-order valence-corrected chi connectivity index (χ0v) is 13.9. The first-order valence-electron chi connectivity index (χ1n) is 8.80. The Bertz CT molecular complexity index is 740. The van der Waals surface area contributed by atoms with Crippen LogP contribution in [-0.4, -0.2) is 47.1 Å². The molecule has 0 aliphatic carbocycles. The highest BCUT2D eigenvalue weighted by molar-refractivity contribution is 5.79. The summed E-state index contributed by atoms with van der Waals surface area (Å²) >= 11 is 0. The number of carbonyl (C=O) groups is 1. The molecule has 2 fully saturated rings. The number of amides is 1. The highest BCUT2D eigenvalue weighted by atomic mass is 19.1. The van der Waals surface area contributed by atoms with E-state index in [2.05, 4.69) is 15.5 Å². The first kappa shape index (κ1) is 16.2. The number of benzene rings is 1. The van der Waals surface area contributed by atoms with Crippen molar-refractivity contribution in [3.8, 4) is 11.4 Å². The lowest BCUT2D eigenvalue weighted by Gasteiger charge is -2.32. The summed E-state index contributed by atoms with van der Waals surface area (Å²) in [6.07, 6.45) is 2.78. The fraction of sp³-hybridized carbons (Fsp3) is 0.500. The Morgan fingerprint density at radius 3 is 2.88 bits per heavy atom. The van der Waals surface area contributed by atoms with Gasteiger partial charge in [0.05, 0.1) is 11.8 Å². The standard InChI is InChI=1S/C18H21FN4O2/c19-15-5-3-12(4-6-15)16-21-17(25-22-16)14-2-1-9-23(11-14)18(24)13-7-8-20-10-13/h3-6,13-14,20H,1-2,7-11H2. The summed E-state index contributed by atoms with van der Waals surface area (Å²) in [7, 11) is 0. The van der Waals surface area contributed by atoms with Crippen molar-refractivity contribution in [3.63, 3.8) is 0 Å². The minimum Gasteiger partial charge on any atom is -0.342 e. The Hall–Kier alpha value is -2.28. The van der Waals surface area contributed by atoms with Gasteiger partial charge in [0.2, 0.25) is 17.6 Å². The van der Waals surface area contributed by atoms with Crippen molar-refractivity contribution >= 4 is 5.91 Å². The molecule has 0 spiro atoms. The molecule has 1 aromatic carbocycles. The van der Waals surface area contributed by atoms with Crippen LogP contribution in [0, 0.1) is 11.7 Å². The molecule has 2 aliphatic heterocycles. The summed E-state index contributed by atoms with van der Waals surface area (Å²) in [5.41, 5.74) is 0.720. The van der Waals surface area contributed by atoms with Gasteiger partial charge in [-0.3, -0.25) is 4.79 Å². The molecule has 0 radical (unpaired) electrons. The molecule has 25 heavy (non-hydrogen) atoms. The van der Waals surface area contributed by atoms with Crippen molar-refractivity contribution in [1.29, 1.82) is 0 Å². The average molecular weight is 344 g/mol. The number of aromatic nitrogens is 2. The van der Waals surface area contributed by atoms with Crippen LogP contribution < -0.4 is 5.32 Å². The molecule has 1 amide bonds. The second kappa shape index (κ2) is 6.92. The molecule has 3 heterocycles. The van der Waals surface area contributed by atoms with Gasteiger partial charge in [0.15, 0.2) is 0 Å². The molecule has 0 saturated carbocycles. The van der Waals surface area contributed by atoms with Gasteiger partial charge in [0.25, 0.3) is 0 Å². The zero-order valence-electron chi connectivity index (χ0n) is 13.9. The van der Waals surface area contributed by atoms with Crippen molar-refractivity contribution in [2.24, 2.45) is 5.92 Å². The van der Waals surface area contributed by atoms with E-state index in [0.29, 0.717) is 18.3 Å². The largest absolute Gasteiger partial charge is 0.342 e. The van der Waals surface area contributed by atoms with E-state index in [9.17, 15) is 9.18 Å². The second-order valence-electron chi connectivity index (χ2n) is 6.78. The summed E-state index contributed by atoms with van der Waals surface area (Å²) in [5, 5.41) is 7.26. The lowest BCUT2D eigenvalue weighted by molar-refractivity contribution is -0.136. The number of rotatable bonds is 3. The SMILES string of the molecule is O=C(C1CCNC1)N1CCCC(c2nc(-c3ccc(F)cc3)no2)C1. The van der Waals surface area contributed by atoms with Gasteiger partial charge < -0.3 is 14.7 Å². The van der Waals surface area contributed by atoms with Gasteiger partial charge in [-0.2, -0.15) is 4.98 Å². The smallest absolute Gasteiger partial charge is 0.231 e. The number of carbonyl (C=O) groups excluding carboxylic acids is 1. The van der Waals surface area contributed by atoms with Gasteiger partial charge in [-0.15, -0.1) is 0 Å². The van der Waals surface area contributed by atoms with Crippen LogP contribution in [-0.2, 0) is 4.79 Å². The van der Waals surface area contributed by atoms with E-state index in [1.807, 2.05) is 4.90 Å². The first-order chi connectivity index (χ1) is 12.2. The van der Waals surface area contributed by atoms with Crippen LogP contribution in [0.2, 0.25) is 0 Å². The van der Waals surface area contributed by atoms with Crippen molar-refractivity contribution in [2.45, 2.75) is 25.2 Å². The summed E-state index contributed by atoms with van der Waals surface area (Å²) in [6, 6.07) is 6.02. The van der Waals surface area contributed by atoms with E-state index in [1.165, 1.54) is 12.1 Å². The zero-order chi connectivity index (χ0) is 17.2. The topological polar surface area (TPSA) is 71.3 Å². The highest BCUT2D eigenvalue weighted by Gasteiger charge is 2.33. The van der Waals surface area contributed by atoms with E-state index < -0.39 is 0 Å². The van der Waals surface area contributed by atoms with Gasteiger partial charge in [-0.05, 0) is 50.1 Å². The van der Waals surface area contributed by atoms with Crippen molar-refractivity contribution in [2.75, 3.05) is 26.2 Å². The summed E-state index contributed by atoms with van der Waals surface area (Å²) in [6.45, 7) is 3.11. The molecule has 1 N–H and O–H groups in total. The Labute approximate surface area is 145 Å². The Morgan fingerprint density at radius 1 is 1.28 bits per heavy atom. The molecule has 1 aromatic heterocycles. The van der Waals surface area contributed by atoms with Gasteiger partial charge >= 0.3 is 0 Å². The molecule has 132 valence electrons. The lowest BCUT2D eigenvalue weighted by atomic mass is 9.96. The molecule has 6 nitrogen and oxygen atoms in total. The van der Waals surface area contributed by atoms with E-state index >= 15 is 0 Å². The number of hydrogen-bond acceptors (Lipinski definition) is 5. The third-order valence-electron chi connectivity index (χ3n) is 5.04. The number of halogens is 1. The minimum atomic E-state index is -0.296. The van der Waals surface area contributed by atoms with E-state index in [0.717, 1.165) is 44.5 Å². The van der Waals surface area contributed by atoms with Crippen molar-refractivity contribution in [1.82, 2.24) is 20.4 Å². The van der Waals surface area contributed by atoms with Gasteiger partial charge in [0.1, 0.15) is 5.82 Å². The van der Waals surface area contributed by atoms with Crippen molar-refractivity contribution in [3.05, 3.63) is 36.0 Å². The molecule has 4 rings (SSSR count). The third-order valence-corrected chi connectivity index (χ3v) is 5.04. The molecular weight excluding hydrogens is 323 g/mol. The summed E-state index contributed by atoms with van der Waals surface area (Å²) in [4.78, 5) is 19.0. The maximum absolute atomic E-state index is 13.0. The number of nitrogens with one attached hydrogen (secondary N) is 1. The van der Waals surface area contributed by atoms with E-state index in [-0.39, 0.29) is 23.6 Å². The minimum absolute atomic E-state index is 0.0637. The Morgan fingerprint density at radius 2 is 2.12 bits per heavy atom. The lowest BCUT2D eigenvalue weighted by Crippen LogP contribution is -2.43. The maximum Gasteiger partial charge on any atom is 0.231 e. The number of likely N-dealkylation sites (tertiary alicyclic amines) is 1. The first-order valence-corrected chi connectivity index (χ1v) is 8.80. The molecule has 0 bridgehead atoms. The van der Waals surface area contributed by atoms with Crippen LogP contribution in [0.5, 0.6) is 0 Å². The average Bonchev–Trinajstić information content (AvgIpc) is 3.34. The van der Waals surface area contributed by atoms with Gasteiger partial charge in [0, 0.05) is 25.2 Å². The van der Waals surface area contributed by atoms with Crippen LogP contribution in [0.3, 0.4) is 0 Å². The number of nitrogens with zero attached hydrogens (tertiary/aromatic N) is 3. The molecular formula is C18H21FN4O2. The Kier molecular flexibility index (Phi) is 4.48.